The Balaban J connectivity index is 4.00. The normalized spacial score (nSPS) is 14.0. The predicted octanol–water partition coefficient (Wildman–Crippen LogP) is 6.84. The second kappa shape index (κ2) is 6.96. The molecule has 110 valence electrons. The van der Waals surface area contributed by atoms with Gasteiger partial charge in [0.25, 0.3) is 0 Å². The van der Waals surface area contributed by atoms with Crippen molar-refractivity contribution in [3.63, 3.8) is 0 Å². The van der Waals surface area contributed by atoms with E-state index in [2.05, 4.69) is 55.4 Å². The van der Waals surface area contributed by atoms with Crippen LogP contribution in [0.15, 0.2) is 0 Å². The van der Waals surface area contributed by atoms with E-state index in [4.69, 9.17) is 0 Å². The maximum absolute atomic E-state index is 2.46. The molecule has 0 bridgehead atoms. The molecule has 0 atom stereocenters. The monoisotopic (exact) mass is 254 g/mol. The minimum atomic E-state index is 0.498. The maximum Gasteiger partial charge on any atom is -0.0354 e. The Morgan fingerprint density at radius 2 is 1.00 bits per heavy atom. The Labute approximate surface area is 117 Å². The van der Waals surface area contributed by atoms with Crippen molar-refractivity contribution in [2.75, 3.05) is 0 Å². The van der Waals surface area contributed by atoms with Crippen molar-refractivity contribution in [2.45, 2.75) is 100 Å². The molecular weight excluding hydrogens is 216 g/mol. The van der Waals surface area contributed by atoms with Crippen LogP contribution in [0, 0.1) is 16.2 Å². The summed E-state index contributed by atoms with van der Waals surface area (Å²) in [5, 5.41) is 0. The molecule has 0 saturated carbocycles. The average molecular weight is 255 g/mol. The lowest BCUT2D eigenvalue weighted by Gasteiger charge is -2.32. The first-order valence-corrected chi connectivity index (χ1v) is 7.97. The first-order chi connectivity index (χ1) is 7.97. The van der Waals surface area contributed by atoms with Crippen LogP contribution in [-0.2, 0) is 0 Å². The number of rotatable bonds is 8. The highest BCUT2D eigenvalue weighted by atomic mass is 14.3. The van der Waals surface area contributed by atoms with Gasteiger partial charge in [-0.3, -0.25) is 0 Å². The van der Waals surface area contributed by atoms with Crippen molar-refractivity contribution in [3.8, 4) is 0 Å². The summed E-state index contributed by atoms with van der Waals surface area (Å²) < 4.78 is 0. The summed E-state index contributed by atoms with van der Waals surface area (Å²) >= 11 is 0. The molecule has 0 aliphatic heterocycles. The van der Waals surface area contributed by atoms with Crippen LogP contribution in [-0.4, -0.2) is 0 Å². The second-order valence-corrected chi connectivity index (χ2v) is 8.99. The summed E-state index contributed by atoms with van der Waals surface area (Å²) in [6.07, 6.45) is 9.56. The molecule has 0 aromatic heterocycles. The zero-order valence-electron chi connectivity index (χ0n) is 14.4. The lowest BCUT2D eigenvalue weighted by molar-refractivity contribution is 0.204. The summed E-state index contributed by atoms with van der Waals surface area (Å²) in [6.45, 7) is 19.1. The van der Waals surface area contributed by atoms with E-state index in [0.717, 1.165) is 0 Å². The molecule has 18 heavy (non-hydrogen) atoms. The zero-order chi connectivity index (χ0) is 14.4. The van der Waals surface area contributed by atoms with Crippen molar-refractivity contribution >= 4 is 0 Å². The second-order valence-electron chi connectivity index (χ2n) is 8.99. The third-order valence-corrected chi connectivity index (χ3v) is 4.19. The summed E-state index contributed by atoms with van der Waals surface area (Å²) in [5.74, 6) is 0. The molecule has 0 aliphatic carbocycles. The molecule has 0 nitrogen and oxygen atoms in total. The van der Waals surface area contributed by atoms with Gasteiger partial charge in [-0.1, -0.05) is 68.2 Å². The van der Waals surface area contributed by atoms with Crippen LogP contribution in [0.5, 0.6) is 0 Å². The highest BCUT2D eigenvalue weighted by Gasteiger charge is 2.24. The standard InChI is InChI=1S/C18H38/c1-9-11-17(5,6)14-15-18(7,8)13-10-12-16(2,3)4/h9-15H2,1-8H3. The van der Waals surface area contributed by atoms with Crippen LogP contribution in [0.2, 0.25) is 0 Å². The molecule has 0 fully saturated rings. The van der Waals surface area contributed by atoms with Crippen LogP contribution in [0.3, 0.4) is 0 Å². The van der Waals surface area contributed by atoms with Crippen LogP contribution < -0.4 is 0 Å². The van der Waals surface area contributed by atoms with E-state index in [-0.39, 0.29) is 0 Å². The largest absolute Gasteiger partial charge is 0.0654 e. The summed E-state index contributed by atoms with van der Waals surface area (Å²) in [4.78, 5) is 0. The summed E-state index contributed by atoms with van der Waals surface area (Å²) in [5.41, 5.74) is 1.56. The molecule has 0 unspecified atom stereocenters. The molecule has 0 N–H and O–H groups in total. The average Bonchev–Trinajstić information content (AvgIpc) is 2.13. The van der Waals surface area contributed by atoms with E-state index in [1.807, 2.05) is 0 Å². The quantitative estimate of drug-likeness (QED) is 0.445. The zero-order valence-corrected chi connectivity index (χ0v) is 14.4. The summed E-state index contributed by atoms with van der Waals surface area (Å²) in [7, 11) is 0. The molecular formula is C18H38. The fraction of sp³-hybridized carbons (Fsp3) is 1.00. The minimum Gasteiger partial charge on any atom is -0.0654 e. The molecule has 0 amide bonds. The molecule has 0 rings (SSSR count). The van der Waals surface area contributed by atoms with E-state index < -0.39 is 0 Å². The molecule has 0 radical (unpaired) electrons. The summed E-state index contributed by atoms with van der Waals surface area (Å²) in [6, 6.07) is 0. The van der Waals surface area contributed by atoms with E-state index >= 15 is 0 Å². The van der Waals surface area contributed by atoms with Crippen LogP contribution in [0.1, 0.15) is 100 Å². The van der Waals surface area contributed by atoms with Crippen LogP contribution >= 0.6 is 0 Å². The molecule has 0 aliphatic rings. The Morgan fingerprint density at radius 3 is 1.39 bits per heavy atom. The van der Waals surface area contributed by atoms with Gasteiger partial charge in [0, 0.05) is 0 Å². The van der Waals surface area contributed by atoms with Gasteiger partial charge in [0.15, 0.2) is 0 Å². The third-order valence-electron chi connectivity index (χ3n) is 4.19. The van der Waals surface area contributed by atoms with Gasteiger partial charge >= 0.3 is 0 Å². The lowest BCUT2D eigenvalue weighted by Crippen LogP contribution is -2.19. The van der Waals surface area contributed by atoms with Gasteiger partial charge in [-0.25, -0.2) is 0 Å². The van der Waals surface area contributed by atoms with Crippen LogP contribution in [0.25, 0.3) is 0 Å². The van der Waals surface area contributed by atoms with Gasteiger partial charge in [0.2, 0.25) is 0 Å². The Morgan fingerprint density at radius 1 is 0.556 bits per heavy atom. The van der Waals surface area contributed by atoms with E-state index in [1.165, 1.54) is 44.9 Å². The SMILES string of the molecule is CCCC(C)(C)CCC(C)(C)CCCC(C)(C)C. The molecule has 0 aromatic rings. The van der Waals surface area contributed by atoms with Gasteiger partial charge in [-0.2, -0.15) is 0 Å². The predicted molar refractivity (Wildman–Crippen MR) is 85.0 cm³/mol. The van der Waals surface area contributed by atoms with E-state index in [0.29, 0.717) is 16.2 Å². The van der Waals surface area contributed by atoms with Crippen molar-refractivity contribution in [1.29, 1.82) is 0 Å². The van der Waals surface area contributed by atoms with Crippen molar-refractivity contribution in [3.05, 3.63) is 0 Å². The lowest BCUT2D eigenvalue weighted by atomic mass is 9.74. The fourth-order valence-corrected chi connectivity index (χ4v) is 2.70. The van der Waals surface area contributed by atoms with E-state index in [9.17, 15) is 0 Å². The van der Waals surface area contributed by atoms with Gasteiger partial charge in [-0.05, 0) is 48.3 Å². The highest BCUT2D eigenvalue weighted by Crippen LogP contribution is 2.37. The number of hydrogen-bond donors (Lipinski definition) is 0. The maximum atomic E-state index is 2.46. The number of hydrogen-bond acceptors (Lipinski definition) is 0. The molecule has 0 spiro atoms. The fourth-order valence-electron chi connectivity index (χ4n) is 2.70. The molecule has 0 heteroatoms. The van der Waals surface area contributed by atoms with Crippen LogP contribution in [0.4, 0.5) is 0 Å². The topological polar surface area (TPSA) is 0 Å². The van der Waals surface area contributed by atoms with Gasteiger partial charge < -0.3 is 0 Å². The first-order valence-electron chi connectivity index (χ1n) is 7.97. The van der Waals surface area contributed by atoms with E-state index in [1.54, 1.807) is 0 Å². The first kappa shape index (κ1) is 18.0. The third kappa shape index (κ3) is 9.97. The van der Waals surface area contributed by atoms with Gasteiger partial charge in [0.05, 0.1) is 0 Å². The molecule has 0 aromatic carbocycles. The Hall–Kier alpha value is 0. The van der Waals surface area contributed by atoms with Gasteiger partial charge in [0.1, 0.15) is 0 Å². The van der Waals surface area contributed by atoms with Crippen molar-refractivity contribution < 1.29 is 0 Å². The highest BCUT2D eigenvalue weighted by molar-refractivity contribution is 4.76. The van der Waals surface area contributed by atoms with Gasteiger partial charge in [-0.15, -0.1) is 0 Å². The van der Waals surface area contributed by atoms with Crippen molar-refractivity contribution in [1.82, 2.24) is 0 Å². The minimum absolute atomic E-state index is 0.498. The van der Waals surface area contributed by atoms with Crippen molar-refractivity contribution in [2.24, 2.45) is 16.2 Å². The molecule has 0 heterocycles. The molecule has 0 saturated heterocycles. The Kier molecular flexibility index (Phi) is 6.96. The smallest absolute Gasteiger partial charge is 0.0354 e. The Bertz CT molecular complexity index is 215.